The van der Waals surface area contributed by atoms with Crippen molar-refractivity contribution in [1.82, 2.24) is 9.55 Å². The minimum atomic E-state index is -4.37. The number of nitrogens with zero attached hydrogens (tertiary/aromatic N) is 2. The third-order valence-electron chi connectivity index (χ3n) is 5.82. The molecule has 0 radical (unpaired) electrons. The van der Waals surface area contributed by atoms with Crippen LogP contribution in [0.2, 0.25) is 0 Å². The van der Waals surface area contributed by atoms with Gasteiger partial charge < -0.3 is 4.57 Å². The molecule has 0 N–H and O–H groups in total. The molecule has 0 aliphatic heterocycles. The number of benzene rings is 4. The van der Waals surface area contributed by atoms with E-state index in [1.54, 1.807) is 11.8 Å². The van der Waals surface area contributed by atoms with Gasteiger partial charge in [0, 0.05) is 17.0 Å². The molecule has 0 amide bonds. The lowest BCUT2D eigenvalue weighted by Gasteiger charge is -2.12. The molecule has 172 valence electrons. The van der Waals surface area contributed by atoms with Crippen LogP contribution < -0.4 is 0 Å². The summed E-state index contributed by atoms with van der Waals surface area (Å²) in [5.41, 5.74) is 2.91. The molecule has 0 unspecified atom stereocenters. The molecule has 6 heteroatoms. The number of rotatable bonds is 6. The Kier molecular flexibility index (Phi) is 6.09. The van der Waals surface area contributed by atoms with Crippen molar-refractivity contribution in [2.45, 2.75) is 31.0 Å². The fourth-order valence-electron chi connectivity index (χ4n) is 4.12. The highest BCUT2D eigenvalue weighted by atomic mass is 32.2. The smallest absolute Gasteiger partial charge is 0.319 e. The number of imidazole rings is 1. The van der Waals surface area contributed by atoms with Crippen LogP contribution in [0.3, 0.4) is 0 Å². The molecule has 0 saturated heterocycles. The molecule has 0 saturated carbocycles. The monoisotopic (exact) mass is 476 g/mol. The van der Waals surface area contributed by atoms with Crippen molar-refractivity contribution in [2.24, 2.45) is 0 Å². The number of aromatic nitrogens is 2. The Morgan fingerprint density at radius 1 is 0.853 bits per heavy atom. The molecular weight excluding hydrogens is 453 g/mol. The Labute approximate surface area is 200 Å². The normalized spacial score (nSPS) is 12.0. The van der Waals surface area contributed by atoms with Crippen LogP contribution in [0.5, 0.6) is 0 Å². The van der Waals surface area contributed by atoms with Gasteiger partial charge in [-0.05, 0) is 64.9 Å². The fraction of sp³-hybridized carbons (Fsp3) is 0.179. The number of fused-ring (bicyclic) bond motifs is 2. The van der Waals surface area contributed by atoms with Crippen molar-refractivity contribution < 1.29 is 13.2 Å². The zero-order valence-electron chi connectivity index (χ0n) is 18.6. The first-order valence-corrected chi connectivity index (χ1v) is 12.2. The second-order valence-corrected chi connectivity index (χ2v) is 9.45. The van der Waals surface area contributed by atoms with Crippen LogP contribution in [0.15, 0.2) is 89.8 Å². The Balaban J connectivity index is 1.62. The van der Waals surface area contributed by atoms with Gasteiger partial charge in [-0.25, -0.2) is 4.98 Å². The summed E-state index contributed by atoms with van der Waals surface area (Å²) in [4.78, 5) is 5.99. The van der Waals surface area contributed by atoms with E-state index < -0.39 is 11.7 Å². The Hall–Kier alpha value is -3.25. The van der Waals surface area contributed by atoms with E-state index in [-0.39, 0.29) is 0 Å². The van der Waals surface area contributed by atoms with Gasteiger partial charge in [-0.2, -0.15) is 13.2 Å². The molecule has 1 aromatic heterocycles. The van der Waals surface area contributed by atoms with Gasteiger partial charge in [0.15, 0.2) is 0 Å². The van der Waals surface area contributed by atoms with Gasteiger partial charge in [-0.3, -0.25) is 0 Å². The molecule has 0 fully saturated rings. The molecule has 34 heavy (non-hydrogen) atoms. The molecule has 5 rings (SSSR count). The highest BCUT2D eigenvalue weighted by molar-refractivity contribution is 7.99. The molecule has 0 aliphatic carbocycles. The number of alkyl halides is 3. The second-order valence-electron chi connectivity index (χ2n) is 8.28. The van der Waals surface area contributed by atoms with Crippen LogP contribution in [-0.4, -0.2) is 15.3 Å². The third-order valence-corrected chi connectivity index (χ3v) is 7.02. The predicted molar refractivity (Wildman–Crippen MR) is 134 cm³/mol. The summed E-state index contributed by atoms with van der Waals surface area (Å²) in [6, 6.07) is 26.0. The maximum Gasteiger partial charge on any atom is 0.416 e. The fourth-order valence-corrected chi connectivity index (χ4v) is 4.92. The lowest BCUT2D eigenvalue weighted by Crippen LogP contribution is -2.05. The van der Waals surface area contributed by atoms with Crippen molar-refractivity contribution in [2.75, 3.05) is 5.75 Å². The number of hydrogen-bond donors (Lipinski definition) is 0. The van der Waals surface area contributed by atoms with Crippen molar-refractivity contribution in [3.63, 3.8) is 0 Å². The standard InChI is InChI=1S/C28H23F3N2S/c1-2-15-34-24-13-14-25-26(17-24)33(18-19-7-8-20-5-3-4-6-22(20)16-19)27(32-25)21-9-11-23(12-10-21)28(29,30)31/h3-14,16-17H,2,15,18H2,1H3. The van der Waals surface area contributed by atoms with Gasteiger partial charge in [0.25, 0.3) is 0 Å². The average Bonchev–Trinajstić information content (AvgIpc) is 3.19. The molecule has 4 aromatic carbocycles. The molecular formula is C28H23F3N2S. The summed E-state index contributed by atoms with van der Waals surface area (Å²) in [5.74, 6) is 1.69. The SMILES string of the molecule is CCCSc1ccc2nc(-c3ccc(C(F)(F)F)cc3)n(Cc3ccc4ccccc4c3)c2c1. The summed E-state index contributed by atoms with van der Waals surface area (Å²) in [5, 5.41) is 2.32. The van der Waals surface area contributed by atoms with E-state index in [4.69, 9.17) is 4.98 Å². The summed E-state index contributed by atoms with van der Waals surface area (Å²) in [6.07, 6.45) is -3.29. The third kappa shape index (κ3) is 4.55. The largest absolute Gasteiger partial charge is 0.416 e. The number of thioether (sulfide) groups is 1. The van der Waals surface area contributed by atoms with Crippen LogP contribution >= 0.6 is 11.8 Å². The van der Waals surface area contributed by atoms with Gasteiger partial charge in [-0.15, -0.1) is 11.8 Å². The molecule has 0 spiro atoms. The maximum atomic E-state index is 13.1. The first-order chi connectivity index (χ1) is 16.4. The molecule has 0 atom stereocenters. The van der Waals surface area contributed by atoms with Crippen LogP contribution in [0.25, 0.3) is 33.2 Å². The number of hydrogen-bond acceptors (Lipinski definition) is 2. The van der Waals surface area contributed by atoms with Crippen LogP contribution in [0.4, 0.5) is 13.2 Å². The highest BCUT2D eigenvalue weighted by Crippen LogP contribution is 2.33. The van der Waals surface area contributed by atoms with Crippen LogP contribution in [0, 0.1) is 0 Å². The van der Waals surface area contributed by atoms with Crippen molar-refractivity contribution in [1.29, 1.82) is 0 Å². The van der Waals surface area contributed by atoms with Crippen LogP contribution in [-0.2, 0) is 12.7 Å². The Morgan fingerprint density at radius 2 is 1.62 bits per heavy atom. The number of halogens is 3. The zero-order chi connectivity index (χ0) is 23.7. The molecule has 5 aromatic rings. The van der Waals surface area contributed by atoms with Crippen LogP contribution in [0.1, 0.15) is 24.5 Å². The van der Waals surface area contributed by atoms with E-state index in [9.17, 15) is 13.2 Å². The summed E-state index contributed by atoms with van der Waals surface area (Å²) < 4.78 is 41.4. The van der Waals surface area contributed by atoms with Crippen molar-refractivity contribution in [3.05, 3.63) is 96.1 Å². The van der Waals surface area contributed by atoms with Gasteiger partial charge >= 0.3 is 6.18 Å². The van der Waals surface area contributed by atoms with E-state index in [0.717, 1.165) is 51.2 Å². The minimum Gasteiger partial charge on any atom is -0.319 e. The Bertz CT molecular complexity index is 1450. The molecule has 2 nitrogen and oxygen atoms in total. The summed E-state index contributed by atoms with van der Waals surface area (Å²) in [6.45, 7) is 2.72. The highest BCUT2D eigenvalue weighted by Gasteiger charge is 2.30. The lowest BCUT2D eigenvalue weighted by molar-refractivity contribution is -0.137. The zero-order valence-corrected chi connectivity index (χ0v) is 19.5. The van der Waals surface area contributed by atoms with E-state index in [2.05, 4.69) is 54.0 Å². The lowest BCUT2D eigenvalue weighted by atomic mass is 10.1. The quantitative estimate of drug-likeness (QED) is 0.229. The van der Waals surface area contributed by atoms with E-state index >= 15 is 0 Å². The van der Waals surface area contributed by atoms with Gasteiger partial charge in [0.2, 0.25) is 0 Å². The predicted octanol–water partition coefficient (Wildman–Crippen LogP) is 8.43. The summed E-state index contributed by atoms with van der Waals surface area (Å²) in [7, 11) is 0. The first-order valence-electron chi connectivity index (χ1n) is 11.2. The molecule has 0 aliphatic rings. The topological polar surface area (TPSA) is 17.8 Å². The van der Waals surface area contributed by atoms with Crippen molar-refractivity contribution >= 4 is 33.6 Å². The average molecular weight is 477 g/mol. The Morgan fingerprint density at radius 3 is 2.35 bits per heavy atom. The van der Waals surface area contributed by atoms with Crippen molar-refractivity contribution in [3.8, 4) is 11.4 Å². The second kappa shape index (κ2) is 9.18. The van der Waals surface area contributed by atoms with E-state index in [1.165, 1.54) is 17.5 Å². The van der Waals surface area contributed by atoms with E-state index in [0.29, 0.717) is 17.9 Å². The molecule has 1 heterocycles. The van der Waals surface area contributed by atoms with E-state index in [1.807, 2.05) is 18.2 Å². The van der Waals surface area contributed by atoms with Gasteiger partial charge in [-0.1, -0.05) is 55.5 Å². The van der Waals surface area contributed by atoms with Gasteiger partial charge in [0.05, 0.1) is 16.6 Å². The van der Waals surface area contributed by atoms with Gasteiger partial charge in [0.1, 0.15) is 5.82 Å². The maximum absolute atomic E-state index is 13.1. The molecule has 0 bridgehead atoms. The first kappa shape index (κ1) is 22.5. The summed E-state index contributed by atoms with van der Waals surface area (Å²) >= 11 is 1.80. The minimum absolute atomic E-state index is 0.569.